The van der Waals surface area contributed by atoms with Crippen LogP contribution in [-0.2, 0) is 11.2 Å². The second-order valence-electron chi connectivity index (χ2n) is 5.95. The van der Waals surface area contributed by atoms with Crippen molar-refractivity contribution in [1.29, 1.82) is 0 Å². The first-order valence-corrected chi connectivity index (χ1v) is 8.36. The molecule has 2 aromatic rings. The molecule has 2 heterocycles. The van der Waals surface area contributed by atoms with Crippen molar-refractivity contribution < 1.29 is 9.53 Å². The summed E-state index contributed by atoms with van der Waals surface area (Å²) in [6.07, 6.45) is 4.29. The molecule has 1 aromatic heterocycles. The topological polar surface area (TPSA) is 54.5 Å². The van der Waals surface area contributed by atoms with Gasteiger partial charge in [-0.1, -0.05) is 25.1 Å². The predicted octanol–water partition coefficient (Wildman–Crippen LogP) is 3.04. The molecule has 0 radical (unpaired) electrons. The molecule has 0 bridgehead atoms. The number of morpholine rings is 1. The lowest BCUT2D eigenvalue weighted by atomic mass is 10.1. The van der Waals surface area contributed by atoms with Crippen LogP contribution in [0.3, 0.4) is 0 Å². The fourth-order valence-electron chi connectivity index (χ4n) is 2.93. The number of ether oxygens (including phenoxy) is 1. The van der Waals surface area contributed by atoms with E-state index in [9.17, 15) is 4.79 Å². The molecule has 1 aliphatic heterocycles. The summed E-state index contributed by atoms with van der Waals surface area (Å²) in [5, 5.41) is 3.05. The molecule has 1 N–H and O–H groups in total. The van der Waals surface area contributed by atoms with Gasteiger partial charge in [-0.15, -0.1) is 0 Å². The van der Waals surface area contributed by atoms with Crippen LogP contribution in [-0.4, -0.2) is 37.2 Å². The van der Waals surface area contributed by atoms with Crippen LogP contribution in [0, 0.1) is 6.92 Å². The van der Waals surface area contributed by atoms with Crippen molar-refractivity contribution in [2.45, 2.75) is 20.3 Å². The van der Waals surface area contributed by atoms with E-state index in [4.69, 9.17) is 4.74 Å². The van der Waals surface area contributed by atoms with Gasteiger partial charge < -0.3 is 15.0 Å². The number of pyridine rings is 1. The van der Waals surface area contributed by atoms with Crippen LogP contribution in [0.25, 0.3) is 0 Å². The fraction of sp³-hybridized carbons (Fsp3) is 0.368. The van der Waals surface area contributed by atoms with Gasteiger partial charge in [0.15, 0.2) is 0 Å². The number of nitrogens with zero attached hydrogens (tertiary/aromatic N) is 2. The first kappa shape index (κ1) is 16.5. The minimum absolute atomic E-state index is 0.124. The second kappa shape index (κ2) is 7.45. The predicted molar refractivity (Wildman–Crippen MR) is 95.8 cm³/mol. The summed E-state index contributed by atoms with van der Waals surface area (Å²) in [6, 6.07) is 7.98. The molecule has 0 spiro atoms. The van der Waals surface area contributed by atoms with Gasteiger partial charge in [0.2, 0.25) is 0 Å². The summed E-state index contributed by atoms with van der Waals surface area (Å²) in [4.78, 5) is 19.1. The Kier molecular flexibility index (Phi) is 5.11. The van der Waals surface area contributed by atoms with Gasteiger partial charge in [-0.3, -0.25) is 9.78 Å². The molecule has 126 valence electrons. The van der Waals surface area contributed by atoms with Crippen LogP contribution in [0.2, 0.25) is 0 Å². The summed E-state index contributed by atoms with van der Waals surface area (Å²) in [5.41, 5.74) is 4.65. The minimum Gasteiger partial charge on any atom is -0.378 e. The highest BCUT2D eigenvalue weighted by Gasteiger charge is 2.15. The number of carbonyl (C=O) groups is 1. The zero-order valence-corrected chi connectivity index (χ0v) is 14.2. The smallest absolute Gasteiger partial charge is 0.257 e. The van der Waals surface area contributed by atoms with Gasteiger partial charge >= 0.3 is 0 Å². The number of aromatic nitrogens is 1. The SMILES string of the molecule is CCc1cccc(C)c1NC(=O)c1cncc(N2CCOCC2)c1. The molecule has 24 heavy (non-hydrogen) atoms. The summed E-state index contributed by atoms with van der Waals surface area (Å²) in [7, 11) is 0. The van der Waals surface area contributed by atoms with Gasteiger partial charge in [-0.25, -0.2) is 0 Å². The maximum absolute atomic E-state index is 12.7. The molecule has 0 atom stereocenters. The van der Waals surface area contributed by atoms with Gasteiger partial charge in [-0.2, -0.15) is 0 Å². The average Bonchev–Trinajstić information content (AvgIpc) is 2.64. The first-order chi connectivity index (χ1) is 11.7. The summed E-state index contributed by atoms with van der Waals surface area (Å²) in [5.74, 6) is -0.124. The molecular formula is C19H23N3O2. The van der Waals surface area contributed by atoms with Gasteiger partial charge in [-0.05, 0) is 30.5 Å². The molecule has 5 nitrogen and oxygen atoms in total. The second-order valence-corrected chi connectivity index (χ2v) is 5.95. The third-order valence-electron chi connectivity index (χ3n) is 4.34. The molecule has 3 rings (SSSR count). The Morgan fingerprint density at radius 3 is 2.83 bits per heavy atom. The number of hydrogen-bond acceptors (Lipinski definition) is 4. The number of rotatable bonds is 4. The van der Waals surface area contributed by atoms with Gasteiger partial charge in [0.05, 0.1) is 30.7 Å². The number of para-hydroxylation sites is 1. The lowest BCUT2D eigenvalue weighted by Crippen LogP contribution is -2.36. The van der Waals surface area contributed by atoms with Crippen LogP contribution in [0.4, 0.5) is 11.4 Å². The van der Waals surface area contributed by atoms with Crippen molar-refractivity contribution in [3.05, 3.63) is 53.3 Å². The monoisotopic (exact) mass is 325 g/mol. The van der Waals surface area contributed by atoms with E-state index in [0.717, 1.165) is 42.0 Å². The van der Waals surface area contributed by atoms with Crippen molar-refractivity contribution in [2.24, 2.45) is 0 Å². The maximum atomic E-state index is 12.7. The fourth-order valence-corrected chi connectivity index (χ4v) is 2.93. The Balaban J connectivity index is 1.81. The molecule has 0 saturated carbocycles. The van der Waals surface area contributed by atoms with E-state index in [1.54, 1.807) is 12.4 Å². The maximum Gasteiger partial charge on any atom is 0.257 e. The summed E-state index contributed by atoms with van der Waals surface area (Å²) < 4.78 is 5.38. The van der Waals surface area contributed by atoms with E-state index in [1.165, 1.54) is 0 Å². The highest BCUT2D eigenvalue weighted by molar-refractivity contribution is 6.05. The Labute approximate surface area is 142 Å². The van der Waals surface area contributed by atoms with Crippen molar-refractivity contribution in [3.63, 3.8) is 0 Å². The number of nitrogens with one attached hydrogen (secondary N) is 1. The highest BCUT2D eigenvalue weighted by Crippen LogP contribution is 2.23. The lowest BCUT2D eigenvalue weighted by Gasteiger charge is -2.28. The van der Waals surface area contributed by atoms with E-state index in [0.29, 0.717) is 18.8 Å². The number of aryl methyl sites for hydroxylation is 2. The quantitative estimate of drug-likeness (QED) is 0.939. The molecule has 5 heteroatoms. The van der Waals surface area contributed by atoms with E-state index in [-0.39, 0.29) is 5.91 Å². The van der Waals surface area contributed by atoms with Crippen LogP contribution in [0.5, 0.6) is 0 Å². The van der Waals surface area contributed by atoms with Crippen LogP contribution >= 0.6 is 0 Å². The number of carbonyl (C=O) groups excluding carboxylic acids is 1. The molecule has 1 fully saturated rings. The number of anilines is 2. The normalized spacial score (nSPS) is 14.5. The van der Waals surface area contributed by atoms with Crippen molar-refractivity contribution in [1.82, 2.24) is 4.98 Å². The van der Waals surface area contributed by atoms with Crippen molar-refractivity contribution >= 4 is 17.3 Å². The Bertz CT molecular complexity index is 724. The van der Waals surface area contributed by atoms with Crippen molar-refractivity contribution in [3.8, 4) is 0 Å². The zero-order chi connectivity index (χ0) is 16.9. The van der Waals surface area contributed by atoms with Crippen molar-refractivity contribution in [2.75, 3.05) is 36.5 Å². The summed E-state index contributed by atoms with van der Waals surface area (Å²) >= 11 is 0. The number of hydrogen-bond donors (Lipinski definition) is 1. The lowest BCUT2D eigenvalue weighted by molar-refractivity contribution is 0.102. The Hall–Kier alpha value is -2.40. The molecule has 1 aromatic carbocycles. The Morgan fingerprint density at radius 1 is 1.29 bits per heavy atom. The number of benzene rings is 1. The molecule has 1 amide bonds. The zero-order valence-electron chi connectivity index (χ0n) is 14.2. The Morgan fingerprint density at radius 2 is 2.08 bits per heavy atom. The van der Waals surface area contributed by atoms with Gasteiger partial charge in [0.25, 0.3) is 5.91 Å². The van der Waals surface area contributed by atoms with Crippen LogP contribution < -0.4 is 10.2 Å². The minimum atomic E-state index is -0.124. The van der Waals surface area contributed by atoms with E-state index >= 15 is 0 Å². The molecule has 1 saturated heterocycles. The standard InChI is InChI=1S/C19H23N3O2/c1-3-15-6-4-5-14(2)18(15)21-19(23)16-11-17(13-20-12-16)22-7-9-24-10-8-22/h4-6,11-13H,3,7-10H2,1-2H3,(H,21,23). The highest BCUT2D eigenvalue weighted by atomic mass is 16.5. The van der Waals surface area contributed by atoms with E-state index < -0.39 is 0 Å². The number of amides is 1. The largest absolute Gasteiger partial charge is 0.378 e. The molecular weight excluding hydrogens is 302 g/mol. The van der Waals surface area contributed by atoms with Gasteiger partial charge in [0.1, 0.15) is 0 Å². The third-order valence-corrected chi connectivity index (χ3v) is 4.34. The van der Waals surface area contributed by atoms with Crippen LogP contribution in [0.1, 0.15) is 28.4 Å². The molecule has 1 aliphatic rings. The molecule has 0 aliphatic carbocycles. The van der Waals surface area contributed by atoms with E-state index in [1.807, 2.05) is 31.2 Å². The van der Waals surface area contributed by atoms with Gasteiger partial charge in [0, 0.05) is 25.0 Å². The third kappa shape index (κ3) is 3.57. The first-order valence-electron chi connectivity index (χ1n) is 8.36. The van der Waals surface area contributed by atoms with E-state index in [2.05, 4.69) is 22.1 Å². The summed E-state index contributed by atoms with van der Waals surface area (Å²) in [6.45, 7) is 7.16. The average molecular weight is 325 g/mol. The molecule has 0 unspecified atom stereocenters. The van der Waals surface area contributed by atoms with Crippen LogP contribution in [0.15, 0.2) is 36.7 Å².